The van der Waals surface area contributed by atoms with Crippen LogP contribution in [0.2, 0.25) is 0 Å². The van der Waals surface area contributed by atoms with E-state index in [1.165, 1.54) is 43.2 Å². The zero-order valence-electron chi connectivity index (χ0n) is 14.8. The van der Waals surface area contributed by atoms with Crippen LogP contribution in [0, 0.1) is 0 Å². The van der Waals surface area contributed by atoms with Crippen LogP contribution in [0.4, 0.5) is 0 Å². The van der Waals surface area contributed by atoms with Gasteiger partial charge in [0, 0.05) is 12.0 Å². The molecule has 0 saturated carbocycles. The molecule has 0 unspecified atom stereocenters. The Morgan fingerprint density at radius 3 is 1.90 bits per heavy atom. The van der Waals surface area contributed by atoms with E-state index in [2.05, 4.69) is 64.2 Å². The molecule has 1 aromatic carbocycles. The SMILES string of the molecule is CCCNCC(CCC)(CCC)c1ccc(C(C)C)cc1. The summed E-state index contributed by atoms with van der Waals surface area (Å²) in [4.78, 5) is 0. The molecule has 1 aromatic rings. The van der Waals surface area contributed by atoms with Gasteiger partial charge in [-0.05, 0) is 42.9 Å². The van der Waals surface area contributed by atoms with Gasteiger partial charge in [-0.3, -0.25) is 0 Å². The molecule has 0 spiro atoms. The molecule has 21 heavy (non-hydrogen) atoms. The Bertz CT molecular complexity index is 371. The van der Waals surface area contributed by atoms with Gasteiger partial charge in [-0.25, -0.2) is 0 Å². The lowest BCUT2D eigenvalue weighted by atomic mass is 9.73. The van der Waals surface area contributed by atoms with E-state index in [9.17, 15) is 0 Å². The van der Waals surface area contributed by atoms with Crippen molar-refractivity contribution < 1.29 is 0 Å². The average molecular weight is 290 g/mol. The van der Waals surface area contributed by atoms with Crippen molar-refractivity contribution in [1.29, 1.82) is 0 Å². The van der Waals surface area contributed by atoms with Crippen LogP contribution >= 0.6 is 0 Å². The Morgan fingerprint density at radius 2 is 1.48 bits per heavy atom. The summed E-state index contributed by atoms with van der Waals surface area (Å²) in [6, 6.07) is 9.43. The molecule has 0 aliphatic carbocycles. The van der Waals surface area contributed by atoms with Gasteiger partial charge in [0.05, 0.1) is 0 Å². The third kappa shape index (κ3) is 5.14. The van der Waals surface area contributed by atoms with Gasteiger partial charge in [0.25, 0.3) is 0 Å². The lowest BCUT2D eigenvalue weighted by Crippen LogP contribution is -2.38. The summed E-state index contributed by atoms with van der Waals surface area (Å²) >= 11 is 0. The quantitative estimate of drug-likeness (QED) is 0.549. The number of benzene rings is 1. The van der Waals surface area contributed by atoms with Crippen LogP contribution in [-0.2, 0) is 5.41 Å². The first-order valence-corrected chi connectivity index (χ1v) is 8.90. The third-order valence-electron chi connectivity index (χ3n) is 4.54. The van der Waals surface area contributed by atoms with Crippen LogP contribution < -0.4 is 5.32 Å². The summed E-state index contributed by atoms with van der Waals surface area (Å²) in [5.41, 5.74) is 3.29. The Labute approximate surface area is 132 Å². The van der Waals surface area contributed by atoms with E-state index in [1.54, 1.807) is 0 Å². The first kappa shape index (κ1) is 18.2. The van der Waals surface area contributed by atoms with Crippen molar-refractivity contribution in [3.63, 3.8) is 0 Å². The monoisotopic (exact) mass is 289 g/mol. The van der Waals surface area contributed by atoms with E-state index in [0.29, 0.717) is 11.3 Å². The lowest BCUT2D eigenvalue weighted by molar-refractivity contribution is 0.335. The smallest absolute Gasteiger partial charge is 0.00775 e. The fourth-order valence-electron chi connectivity index (χ4n) is 3.38. The van der Waals surface area contributed by atoms with Crippen molar-refractivity contribution in [2.24, 2.45) is 0 Å². The molecule has 0 radical (unpaired) electrons. The summed E-state index contributed by atoms with van der Waals surface area (Å²) in [5, 5.41) is 3.68. The van der Waals surface area contributed by atoms with Crippen LogP contribution in [0.5, 0.6) is 0 Å². The number of rotatable bonds is 10. The molecule has 1 heteroatoms. The van der Waals surface area contributed by atoms with Crippen LogP contribution in [0.1, 0.15) is 83.8 Å². The molecule has 1 rings (SSSR count). The summed E-state index contributed by atoms with van der Waals surface area (Å²) in [6.45, 7) is 13.6. The first-order chi connectivity index (χ1) is 10.1. The van der Waals surface area contributed by atoms with E-state index in [-0.39, 0.29) is 0 Å². The molecule has 0 heterocycles. The summed E-state index contributed by atoms with van der Waals surface area (Å²) in [5.74, 6) is 0.615. The van der Waals surface area contributed by atoms with Crippen molar-refractivity contribution in [3.8, 4) is 0 Å². The van der Waals surface area contributed by atoms with Gasteiger partial charge in [-0.2, -0.15) is 0 Å². The Kier molecular flexibility index (Phi) is 8.03. The van der Waals surface area contributed by atoms with Crippen LogP contribution in [0.3, 0.4) is 0 Å². The van der Waals surface area contributed by atoms with E-state index >= 15 is 0 Å². The third-order valence-corrected chi connectivity index (χ3v) is 4.54. The van der Waals surface area contributed by atoms with E-state index in [0.717, 1.165) is 13.1 Å². The summed E-state index contributed by atoms with van der Waals surface area (Å²) in [7, 11) is 0. The van der Waals surface area contributed by atoms with E-state index < -0.39 is 0 Å². The normalized spacial score (nSPS) is 12.1. The second kappa shape index (κ2) is 9.25. The van der Waals surface area contributed by atoms with Gasteiger partial charge in [0.1, 0.15) is 0 Å². The minimum absolute atomic E-state index is 0.314. The molecular weight excluding hydrogens is 254 g/mol. The van der Waals surface area contributed by atoms with Crippen LogP contribution in [0.25, 0.3) is 0 Å². The highest BCUT2D eigenvalue weighted by Gasteiger charge is 2.30. The van der Waals surface area contributed by atoms with Gasteiger partial charge in [-0.15, -0.1) is 0 Å². The summed E-state index contributed by atoms with van der Waals surface area (Å²) < 4.78 is 0. The standard InChI is InChI=1S/C20H35N/c1-6-13-20(14-7-2,16-21-15-8-3)19-11-9-18(10-12-19)17(4)5/h9-12,17,21H,6-8,13-16H2,1-5H3. The second-order valence-corrected chi connectivity index (χ2v) is 6.73. The highest BCUT2D eigenvalue weighted by Crippen LogP contribution is 2.34. The van der Waals surface area contributed by atoms with Gasteiger partial charge < -0.3 is 5.32 Å². The Morgan fingerprint density at radius 1 is 0.905 bits per heavy atom. The van der Waals surface area contributed by atoms with Crippen molar-refractivity contribution in [2.75, 3.05) is 13.1 Å². The largest absolute Gasteiger partial charge is 0.316 e. The minimum atomic E-state index is 0.314. The second-order valence-electron chi connectivity index (χ2n) is 6.73. The van der Waals surface area contributed by atoms with E-state index in [1.807, 2.05) is 0 Å². The topological polar surface area (TPSA) is 12.0 Å². The number of nitrogens with one attached hydrogen (secondary N) is 1. The Balaban J connectivity index is 3.01. The lowest BCUT2D eigenvalue weighted by Gasteiger charge is -2.35. The molecule has 0 atom stereocenters. The highest BCUT2D eigenvalue weighted by atomic mass is 14.9. The Hall–Kier alpha value is -0.820. The van der Waals surface area contributed by atoms with E-state index in [4.69, 9.17) is 0 Å². The van der Waals surface area contributed by atoms with Crippen LogP contribution in [0.15, 0.2) is 24.3 Å². The highest BCUT2D eigenvalue weighted by molar-refractivity contribution is 5.31. The zero-order chi connectivity index (χ0) is 15.7. The van der Waals surface area contributed by atoms with Crippen molar-refractivity contribution in [2.45, 2.75) is 78.1 Å². The molecule has 0 bridgehead atoms. The first-order valence-electron chi connectivity index (χ1n) is 8.90. The molecule has 0 fully saturated rings. The van der Waals surface area contributed by atoms with Gasteiger partial charge >= 0.3 is 0 Å². The zero-order valence-corrected chi connectivity index (χ0v) is 14.8. The average Bonchev–Trinajstić information content (AvgIpc) is 2.48. The fourth-order valence-corrected chi connectivity index (χ4v) is 3.38. The molecule has 0 aliphatic rings. The molecule has 0 aromatic heterocycles. The molecule has 120 valence electrons. The molecule has 0 amide bonds. The van der Waals surface area contributed by atoms with Crippen molar-refractivity contribution >= 4 is 0 Å². The molecule has 0 saturated heterocycles. The van der Waals surface area contributed by atoms with Gasteiger partial charge in [0.15, 0.2) is 0 Å². The van der Waals surface area contributed by atoms with Crippen molar-refractivity contribution in [3.05, 3.63) is 35.4 Å². The molecule has 0 aliphatic heterocycles. The number of hydrogen-bond donors (Lipinski definition) is 1. The maximum atomic E-state index is 3.68. The maximum Gasteiger partial charge on any atom is 0.00775 e. The predicted octanol–water partition coefficient (Wildman–Crippen LogP) is 5.65. The molecular formula is C20H35N. The molecule has 1 N–H and O–H groups in total. The van der Waals surface area contributed by atoms with Crippen LogP contribution in [-0.4, -0.2) is 13.1 Å². The fraction of sp³-hybridized carbons (Fsp3) is 0.700. The minimum Gasteiger partial charge on any atom is -0.316 e. The maximum absolute atomic E-state index is 3.68. The predicted molar refractivity (Wildman–Crippen MR) is 95.2 cm³/mol. The number of hydrogen-bond acceptors (Lipinski definition) is 1. The van der Waals surface area contributed by atoms with Gasteiger partial charge in [-0.1, -0.05) is 71.7 Å². The summed E-state index contributed by atoms with van der Waals surface area (Å²) in [6.07, 6.45) is 6.26. The van der Waals surface area contributed by atoms with Gasteiger partial charge in [0.2, 0.25) is 0 Å². The molecule has 1 nitrogen and oxygen atoms in total. The van der Waals surface area contributed by atoms with Crippen molar-refractivity contribution in [1.82, 2.24) is 5.32 Å².